The monoisotopic (exact) mass is 216 g/mol. The highest BCUT2D eigenvalue weighted by molar-refractivity contribution is 5.86. The van der Waals surface area contributed by atoms with Gasteiger partial charge < -0.3 is 15.0 Å². The summed E-state index contributed by atoms with van der Waals surface area (Å²) in [4.78, 5) is 3.51. The van der Waals surface area contributed by atoms with Crippen LogP contribution in [0.3, 0.4) is 0 Å². The van der Waals surface area contributed by atoms with Crippen LogP contribution >= 0.6 is 0 Å². The number of aromatic nitrogens is 1. The first-order chi connectivity index (χ1) is 7.88. The maximum absolute atomic E-state index is 5.24. The van der Waals surface area contributed by atoms with Crippen molar-refractivity contribution in [3.8, 4) is 5.75 Å². The van der Waals surface area contributed by atoms with Gasteiger partial charge in [0.1, 0.15) is 5.75 Å². The lowest BCUT2D eigenvalue weighted by atomic mass is 10.1. The fourth-order valence-corrected chi connectivity index (χ4v) is 2.44. The number of benzene rings is 1. The molecule has 84 valence electrons. The van der Waals surface area contributed by atoms with Crippen molar-refractivity contribution in [2.45, 2.75) is 19.4 Å². The molecule has 0 bridgehead atoms. The summed E-state index contributed by atoms with van der Waals surface area (Å²) in [6, 6.07) is 6.25. The molecule has 0 unspecified atom stereocenters. The third-order valence-electron chi connectivity index (χ3n) is 3.28. The van der Waals surface area contributed by atoms with Crippen molar-refractivity contribution in [2.24, 2.45) is 0 Å². The average Bonchev–Trinajstić information content (AvgIpc) is 2.50. The van der Waals surface area contributed by atoms with Gasteiger partial charge in [0, 0.05) is 29.2 Å². The fourth-order valence-electron chi connectivity index (χ4n) is 2.44. The Balaban J connectivity index is 2.17. The van der Waals surface area contributed by atoms with Crippen molar-refractivity contribution in [1.82, 2.24) is 10.3 Å². The molecular formula is C13H16N2O. The van der Waals surface area contributed by atoms with E-state index in [0.717, 1.165) is 25.3 Å². The maximum atomic E-state index is 5.24. The molecule has 1 aromatic carbocycles. The number of aromatic amines is 1. The summed E-state index contributed by atoms with van der Waals surface area (Å²) in [6.07, 6.45) is 2.34. The summed E-state index contributed by atoms with van der Waals surface area (Å²) in [5.74, 6) is 0.914. The van der Waals surface area contributed by atoms with Crippen molar-refractivity contribution >= 4 is 10.9 Å². The van der Waals surface area contributed by atoms with Crippen molar-refractivity contribution in [2.75, 3.05) is 13.7 Å². The first-order valence-electron chi connectivity index (χ1n) is 5.76. The molecule has 2 heterocycles. The third kappa shape index (κ3) is 1.48. The van der Waals surface area contributed by atoms with E-state index in [4.69, 9.17) is 4.74 Å². The number of ether oxygens (including phenoxy) is 1. The summed E-state index contributed by atoms with van der Waals surface area (Å²) in [5, 5.41) is 4.78. The van der Waals surface area contributed by atoms with Gasteiger partial charge in [-0.25, -0.2) is 0 Å². The molecule has 1 aliphatic heterocycles. The van der Waals surface area contributed by atoms with Crippen LogP contribution < -0.4 is 10.1 Å². The minimum atomic E-state index is 0.914. The average molecular weight is 216 g/mol. The number of aryl methyl sites for hydroxylation is 1. The Labute approximate surface area is 94.8 Å². The van der Waals surface area contributed by atoms with Gasteiger partial charge in [-0.15, -0.1) is 0 Å². The third-order valence-corrected chi connectivity index (χ3v) is 3.28. The van der Waals surface area contributed by atoms with E-state index in [1.165, 1.54) is 28.6 Å². The van der Waals surface area contributed by atoms with Crippen LogP contribution in [0, 0.1) is 0 Å². The van der Waals surface area contributed by atoms with Crippen molar-refractivity contribution in [1.29, 1.82) is 0 Å². The SMILES string of the molecule is COc1ccc2c3c([nH]c2c1)CCCNC3. The number of methoxy groups -OCH3 is 1. The van der Waals surface area contributed by atoms with Gasteiger partial charge in [-0.1, -0.05) is 0 Å². The Morgan fingerprint density at radius 2 is 2.25 bits per heavy atom. The zero-order valence-electron chi connectivity index (χ0n) is 9.47. The molecule has 3 rings (SSSR count). The molecule has 2 N–H and O–H groups in total. The summed E-state index contributed by atoms with van der Waals surface area (Å²) < 4.78 is 5.24. The second-order valence-corrected chi connectivity index (χ2v) is 4.27. The summed E-state index contributed by atoms with van der Waals surface area (Å²) in [5.41, 5.74) is 4.00. The van der Waals surface area contributed by atoms with Gasteiger partial charge in [-0.05, 0) is 37.1 Å². The van der Waals surface area contributed by atoms with Crippen LogP contribution in [0.2, 0.25) is 0 Å². The molecule has 16 heavy (non-hydrogen) atoms. The molecule has 3 nitrogen and oxygen atoms in total. The van der Waals surface area contributed by atoms with E-state index in [-0.39, 0.29) is 0 Å². The van der Waals surface area contributed by atoms with E-state index < -0.39 is 0 Å². The van der Waals surface area contributed by atoms with Crippen molar-refractivity contribution in [3.63, 3.8) is 0 Å². The quantitative estimate of drug-likeness (QED) is 0.767. The Bertz CT molecular complexity index is 516. The normalized spacial score (nSPS) is 15.8. The predicted octanol–water partition coefficient (Wildman–Crippen LogP) is 2.21. The highest BCUT2D eigenvalue weighted by Crippen LogP contribution is 2.27. The lowest BCUT2D eigenvalue weighted by Crippen LogP contribution is -2.11. The van der Waals surface area contributed by atoms with Gasteiger partial charge in [0.15, 0.2) is 0 Å². The molecule has 0 aliphatic carbocycles. The van der Waals surface area contributed by atoms with E-state index in [0.29, 0.717) is 0 Å². The van der Waals surface area contributed by atoms with Crippen molar-refractivity contribution < 1.29 is 4.74 Å². The van der Waals surface area contributed by atoms with Gasteiger partial charge in [0.05, 0.1) is 7.11 Å². The van der Waals surface area contributed by atoms with E-state index in [2.05, 4.69) is 22.4 Å². The molecule has 1 aromatic heterocycles. The number of H-pyrrole nitrogens is 1. The molecule has 0 spiro atoms. The predicted molar refractivity (Wildman–Crippen MR) is 64.9 cm³/mol. The van der Waals surface area contributed by atoms with Crippen LogP contribution in [0.5, 0.6) is 5.75 Å². The van der Waals surface area contributed by atoms with E-state index in [1.54, 1.807) is 7.11 Å². The topological polar surface area (TPSA) is 37.0 Å². The van der Waals surface area contributed by atoms with Crippen LogP contribution in [0.1, 0.15) is 17.7 Å². The lowest BCUT2D eigenvalue weighted by Gasteiger charge is -2.01. The number of fused-ring (bicyclic) bond motifs is 3. The number of hydrogen-bond acceptors (Lipinski definition) is 2. The fraction of sp³-hybridized carbons (Fsp3) is 0.385. The highest BCUT2D eigenvalue weighted by Gasteiger charge is 2.13. The zero-order chi connectivity index (χ0) is 11.0. The summed E-state index contributed by atoms with van der Waals surface area (Å²) >= 11 is 0. The molecule has 0 saturated carbocycles. The van der Waals surface area contributed by atoms with Crippen LogP contribution in [0.4, 0.5) is 0 Å². The van der Waals surface area contributed by atoms with Gasteiger partial charge in [0.2, 0.25) is 0 Å². The largest absolute Gasteiger partial charge is 0.497 e. The second kappa shape index (κ2) is 3.83. The molecular weight excluding hydrogens is 200 g/mol. The Hall–Kier alpha value is -1.48. The molecule has 0 radical (unpaired) electrons. The van der Waals surface area contributed by atoms with E-state index in [9.17, 15) is 0 Å². The number of nitrogens with one attached hydrogen (secondary N) is 2. The summed E-state index contributed by atoms with van der Waals surface area (Å²) in [6.45, 7) is 2.09. The molecule has 2 aromatic rings. The zero-order valence-corrected chi connectivity index (χ0v) is 9.47. The highest BCUT2D eigenvalue weighted by atomic mass is 16.5. The smallest absolute Gasteiger partial charge is 0.120 e. The number of rotatable bonds is 1. The molecule has 0 fully saturated rings. The molecule has 3 heteroatoms. The first kappa shape index (κ1) is 9.73. The Morgan fingerprint density at radius 3 is 3.12 bits per heavy atom. The van der Waals surface area contributed by atoms with Crippen LogP contribution in [0.25, 0.3) is 10.9 Å². The number of hydrogen-bond donors (Lipinski definition) is 2. The van der Waals surface area contributed by atoms with Gasteiger partial charge in [-0.3, -0.25) is 0 Å². The Morgan fingerprint density at radius 1 is 1.31 bits per heavy atom. The van der Waals surface area contributed by atoms with Crippen molar-refractivity contribution in [3.05, 3.63) is 29.5 Å². The van der Waals surface area contributed by atoms with Gasteiger partial charge >= 0.3 is 0 Å². The van der Waals surface area contributed by atoms with Gasteiger partial charge in [-0.2, -0.15) is 0 Å². The maximum Gasteiger partial charge on any atom is 0.120 e. The van der Waals surface area contributed by atoms with Gasteiger partial charge in [0.25, 0.3) is 0 Å². The second-order valence-electron chi connectivity index (χ2n) is 4.27. The molecule has 0 saturated heterocycles. The molecule has 0 atom stereocenters. The minimum absolute atomic E-state index is 0.914. The van der Waals surface area contributed by atoms with Crippen LogP contribution in [0.15, 0.2) is 18.2 Å². The van der Waals surface area contributed by atoms with E-state index >= 15 is 0 Å². The first-order valence-corrected chi connectivity index (χ1v) is 5.76. The minimum Gasteiger partial charge on any atom is -0.497 e. The Kier molecular flexibility index (Phi) is 2.33. The molecule has 1 aliphatic rings. The standard InChI is InChI=1S/C13H16N2O/c1-16-9-4-5-10-11-8-14-6-2-3-12(11)15-13(10)7-9/h4-5,7,14-15H,2-3,6,8H2,1H3. The summed E-state index contributed by atoms with van der Waals surface area (Å²) in [7, 11) is 1.70. The molecule has 0 amide bonds. The van der Waals surface area contributed by atoms with E-state index in [1.807, 2.05) is 6.07 Å². The van der Waals surface area contributed by atoms with Crippen LogP contribution in [-0.2, 0) is 13.0 Å². The lowest BCUT2D eigenvalue weighted by molar-refractivity contribution is 0.415. The van der Waals surface area contributed by atoms with Crippen LogP contribution in [-0.4, -0.2) is 18.6 Å².